The number of phenols is 4. The van der Waals surface area contributed by atoms with Crippen LogP contribution in [0.2, 0.25) is 0 Å². The Morgan fingerprint density at radius 1 is 0.884 bits per heavy atom. The normalized spacial score (nSPS) is 21.8. The lowest BCUT2D eigenvalue weighted by Gasteiger charge is -2.41. The molecule has 0 radical (unpaired) electrons. The molecular formula is C30H26O13. The molecule has 0 amide bonds. The van der Waals surface area contributed by atoms with Gasteiger partial charge >= 0.3 is 5.97 Å². The molecule has 0 saturated carbocycles. The van der Waals surface area contributed by atoms with Gasteiger partial charge in [-0.2, -0.15) is 0 Å². The molecule has 5 unspecified atom stereocenters. The molecule has 1 saturated heterocycles. The van der Waals surface area contributed by atoms with E-state index in [0.717, 1.165) is 12.1 Å². The zero-order chi connectivity index (χ0) is 31.0. The van der Waals surface area contributed by atoms with Crippen molar-refractivity contribution < 1.29 is 59.2 Å². The van der Waals surface area contributed by atoms with Gasteiger partial charge in [0, 0.05) is 17.7 Å². The van der Waals surface area contributed by atoms with E-state index in [4.69, 9.17) is 18.6 Å². The third-order valence-electron chi connectivity index (χ3n) is 6.81. The number of carbonyl (C=O) groups is 1. The first-order valence-corrected chi connectivity index (χ1v) is 12.8. The molecule has 0 aliphatic carbocycles. The van der Waals surface area contributed by atoms with Crippen molar-refractivity contribution in [3.63, 3.8) is 0 Å². The van der Waals surface area contributed by atoms with Crippen LogP contribution in [0.4, 0.5) is 0 Å². The topological polar surface area (TPSA) is 217 Å². The number of fused-ring (bicyclic) bond motifs is 1. The minimum Gasteiger partial charge on any atom is -0.508 e. The van der Waals surface area contributed by atoms with E-state index in [2.05, 4.69) is 6.58 Å². The molecule has 0 spiro atoms. The molecule has 4 aromatic rings. The van der Waals surface area contributed by atoms with Gasteiger partial charge in [-0.05, 0) is 42.0 Å². The van der Waals surface area contributed by atoms with Gasteiger partial charge in [0.25, 0.3) is 0 Å². The number of hydrogen-bond donors (Lipinski definition) is 7. The summed E-state index contributed by atoms with van der Waals surface area (Å²) >= 11 is 0. The first kappa shape index (κ1) is 29.4. The Balaban J connectivity index is 1.47. The maximum Gasteiger partial charge on any atom is 0.338 e. The Kier molecular flexibility index (Phi) is 7.98. The second-order valence-electron chi connectivity index (χ2n) is 9.69. The van der Waals surface area contributed by atoms with Crippen LogP contribution in [0.1, 0.15) is 5.56 Å². The maximum atomic E-state index is 13.6. The van der Waals surface area contributed by atoms with E-state index in [1.807, 2.05) is 0 Å². The fraction of sp³-hybridized carbons (Fsp3) is 0.200. The molecule has 3 aromatic carbocycles. The highest BCUT2D eigenvalue weighted by molar-refractivity contribution is 6.15. The maximum absolute atomic E-state index is 13.6. The summed E-state index contributed by atoms with van der Waals surface area (Å²) in [4.78, 5) is 26.3. The van der Waals surface area contributed by atoms with Crippen LogP contribution >= 0.6 is 0 Å². The molecule has 7 N–H and O–H groups in total. The van der Waals surface area contributed by atoms with Gasteiger partial charge in [-0.15, -0.1) is 0 Å². The summed E-state index contributed by atoms with van der Waals surface area (Å²) in [6, 6.07) is 12.8. The molecule has 2 heterocycles. The minimum absolute atomic E-state index is 0.0436. The zero-order valence-corrected chi connectivity index (χ0v) is 22.2. The largest absolute Gasteiger partial charge is 0.508 e. The first-order valence-electron chi connectivity index (χ1n) is 12.8. The average Bonchev–Trinajstić information content (AvgIpc) is 2.98. The molecule has 0 bridgehead atoms. The lowest BCUT2D eigenvalue weighted by Crippen LogP contribution is -2.61. The standard InChI is InChI=1S/C30H26O13/c1-13(14-2-6-16(32)7-3-14)29(39)42-27-21(12-31)41-30(25(38)24(27)37)43-28-23(36)22-19(35)10-18(34)11-20(22)40-26(28)15-4-8-17(33)9-5-15/h2-11,21,24-25,27,30-35,37-38H,1,12H2. The van der Waals surface area contributed by atoms with Gasteiger partial charge in [0.1, 0.15) is 52.3 Å². The van der Waals surface area contributed by atoms with Gasteiger partial charge in [0.2, 0.25) is 17.5 Å². The fourth-order valence-electron chi connectivity index (χ4n) is 4.56. The minimum atomic E-state index is -1.95. The van der Waals surface area contributed by atoms with Crippen molar-refractivity contribution in [3.05, 3.63) is 83.0 Å². The third-order valence-corrected chi connectivity index (χ3v) is 6.81. The van der Waals surface area contributed by atoms with E-state index in [0.29, 0.717) is 5.56 Å². The number of esters is 1. The smallest absolute Gasteiger partial charge is 0.338 e. The summed E-state index contributed by atoms with van der Waals surface area (Å²) in [7, 11) is 0. The van der Waals surface area contributed by atoms with Crippen LogP contribution in [0.5, 0.6) is 28.7 Å². The summed E-state index contributed by atoms with van der Waals surface area (Å²) in [6.07, 6.45) is -8.70. The number of phenolic OH excluding ortho intramolecular Hbond substituents is 4. The van der Waals surface area contributed by atoms with Gasteiger partial charge < -0.3 is 54.4 Å². The number of aromatic hydroxyl groups is 4. The monoisotopic (exact) mass is 594 g/mol. The highest BCUT2D eigenvalue weighted by Crippen LogP contribution is 2.37. The van der Waals surface area contributed by atoms with Crippen molar-refractivity contribution in [1.29, 1.82) is 0 Å². The van der Waals surface area contributed by atoms with Gasteiger partial charge in [-0.3, -0.25) is 4.79 Å². The predicted octanol–water partition coefficient (Wildman–Crippen LogP) is 1.73. The molecule has 13 nitrogen and oxygen atoms in total. The lowest BCUT2D eigenvalue weighted by atomic mass is 9.98. The molecule has 43 heavy (non-hydrogen) atoms. The number of hydrogen-bond acceptors (Lipinski definition) is 13. The third kappa shape index (κ3) is 5.69. The second kappa shape index (κ2) is 11.7. The van der Waals surface area contributed by atoms with Crippen molar-refractivity contribution in [2.45, 2.75) is 30.7 Å². The van der Waals surface area contributed by atoms with Crippen molar-refractivity contribution in [3.8, 4) is 40.1 Å². The van der Waals surface area contributed by atoms with Crippen molar-refractivity contribution in [2.24, 2.45) is 0 Å². The second-order valence-corrected chi connectivity index (χ2v) is 9.69. The Hall–Kier alpha value is -5.08. The Morgan fingerprint density at radius 2 is 1.51 bits per heavy atom. The van der Waals surface area contributed by atoms with E-state index in [1.54, 1.807) is 0 Å². The van der Waals surface area contributed by atoms with E-state index >= 15 is 0 Å². The van der Waals surface area contributed by atoms with Crippen molar-refractivity contribution >= 4 is 22.5 Å². The van der Waals surface area contributed by atoms with E-state index in [-0.39, 0.29) is 39.4 Å². The SMILES string of the molecule is C=C(C(=O)OC1C(CO)OC(Oc2c(-c3ccc(O)cc3)oc3cc(O)cc(O)c3c2=O)C(O)C1O)c1ccc(O)cc1. The average molecular weight is 595 g/mol. The van der Waals surface area contributed by atoms with Crippen LogP contribution < -0.4 is 10.2 Å². The molecule has 1 aliphatic heterocycles. The van der Waals surface area contributed by atoms with Crippen LogP contribution in [0, 0.1) is 0 Å². The van der Waals surface area contributed by atoms with Gasteiger partial charge in [-0.1, -0.05) is 18.7 Å². The summed E-state index contributed by atoms with van der Waals surface area (Å²) < 4.78 is 22.5. The molecule has 5 rings (SSSR count). The number of aliphatic hydroxyl groups is 3. The molecule has 1 aliphatic rings. The number of carbonyl (C=O) groups excluding carboxylic acids is 1. The number of aliphatic hydroxyl groups excluding tert-OH is 3. The van der Waals surface area contributed by atoms with Crippen LogP contribution in [-0.4, -0.2) is 79.0 Å². The zero-order valence-electron chi connectivity index (χ0n) is 22.2. The Bertz CT molecular complexity index is 1720. The van der Waals surface area contributed by atoms with Crippen LogP contribution in [-0.2, 0) is 14.3 Å². The predicted molar refractivity (Wildman–Crippen MR) is 148 cm³/mol. The quantitative estimate of drug-likeness (QED) is 0.120. The summed E-state index contributed by atoms with van der Waals surface area (Å²) in [6.45, 7) is 2.84. The van der Waals surface area contributed by atoms with E-state index in [1.165, 1.54) is 48.5 Å². The van der Waals surface area contributed by atoms with E-state index in [9.17, 15) is 45.3 Å². The highest BCUT2D eigenvalue weighted by atomic mass is 16.7. The molecule has 1 fully saturated rings. The highest BCUT2D eigenvalue weighted by Gasteiger charge is 2.48. The van der Waals surface area contributed by atoms with Gasteiger partial charge in [0.05, 0.1) is 12.2 Å². The number of rotatable bonds is 7. The molecule has 13 heteroatoms. The molecule has 1 aromatic heterocycles. The van der Waals surface area contributed by atoms with Crippen LogP contribution in [0.15, 0.2) is 76.5 Å². The summed E-state index contributed by atoms with van der Waals surface area (Å²) in [5, 5.41) is 70.9. The van der Waals surface area contributed by atoms with E-state index < -0.39 is 66.0 Å². The van der Waals surface area contributed by atoms with Crippen LogP contribution in [0.25, 0.3) is 27.9 Å². The Morgan fingerprint density at radius 3 is 2.14 bits per heavy atom. The molecule has 224 valence electrons. The Labute approximate surface area is 242 Å². The first-order chi connectivity index (χ1) is 20.5. The van der Waals surface area contributed by atoms with Gasteiger partial charge in [0.15, 0.2) is 11.9 Å². The molecule has 5 atom stereocenters. The molecular weight excluding hydrogens is 568 g/mol. The van der Waals surface area contributed by atoms with Crippen molar-refractivity contribution in [1.82, 2.24) is 0 Å². The summed E-state index contributed by atoms with van der Waals surface area (Å²) in [5.41, 5.74) is -0.783. The fourth-order valence-corrected chi connectivity index (χ4v) is 4.56. The lowest BCUT2D eigenvalue weighted by molar-refractivity contribution is -0.280. The van der Waals surface area contributed by atoms with Gasteiger partial charge in [-0.25, -0.2) is 4.79 Å². The van der Waals surface area contributed by atoms with Crippen LogP contribution in [0.3, 0.4) is 0 Å². The number of benzene rings is 3. The number of ether oxygens (including phenoxy) is 3. The summed E-state index contributed by atoms with van der Waals surface area (Å²) in [5.74, 6) is -3.00. The van der Waals surface area contributed by atoms with Crippen molar-refractivity contribution in [2.75, 3.05) is 6.61 Å².